The third-order valence-corrected chi connectivity index (χ3v) is 5.21. The number of hydrogen-bond donors (Lipinski definition) is 3. The van der Waals surface area contributed by atoms with Crippen LogP contribution >= 0.6 is 0 Å². The van der Waals surface area contributed by atoms with E-state index in [0.29, 0.717) is 37.1 Å². The van der Waals surface area contributed by atoms with Crippen molar-refractivity contribution >= 4 is 17.8 Å². The molecule has 9 nitrogen and oxygen atoms in total. The molecule has 0 bridgehead atoms. The number of nitriles is 2. The average Bonchev–Trinajstić information content (AvgIpc) is 3.32. The SMILES string of the molecule is CC(C)C[C@H](C#N)CC(=O)O.CC(C)C[C@H](C#N)CC(=O)n1cccc1.CC(C)C[C@H](CN)CC(=O)O. The molecule has 0 aliphatic rings. The minimum absolute atomic E-state index is 0.00722. The van der Waals surface area contributed by atoms with Crippen molar-refractivity contribution in [3.05, 3.63) is 24.5 Å². The number of nitrogens with zero attached hydrogens (tertiary/aromatic N) is 3. The van der Waals surface area contributed by atoms with Crippen LogP contribution < -0.4 is 5.73 Å². The van der Waals surface area contributed by atoms with E-state index in [1.807, 2.05) is 32.0 Å². The summed E-state index contributed by atoms with van der Waals surface area (Å²) in [6.45, 7) is 12.7. The van der Waals surface area contributed by atoms with E-state index in [9.17, 15) is 14.4 Å². The van der Waals surface area contributed by atoms with Crippen LogP contribution in [0.1, 0.15) is 84.9 Å². The molecule has 0 spiro atoms. The van der Waals surface area contributed by atoms with Crippen LogP contribution in [0.15, 0.2) is 24.5 Å². The van der Waals surface area contributed by atoms with Crippen LogP contribution in [-0.2, 0) is 9.59 Å². The van der Waals surface area contributed by atoms with Gasteiger partial charge in [-0.15, -0.1) is 0 Å². The van der Waals surface area contributed by atoms with Gasteiger partial charge in [0.1, 0.15) is 0 Å². The number of carboxylic acids is 2. The van der Waals surface area contributed by atoms with E-state index >= 15 is 0 Å². The first-order valence-electron chi connectivity index (χ1n) is 12.8. The maximum atomic E-state index is 11.7. The zero-order chi connectivity index (χ0) is 29.0. The summed E-state index contributed by atoms with van der Waals surface area (Å²) in [5, 5.41) is 34.3. The molecule has 0 aliphatic heterocycles. The van der Waals surface area contributed by atoms with Gasteiger partial charge < -0.3 is 15.9 Å². The van der Waals surface area contributed by atoms with Crippen LogP contribution in [-0.4, -0.2) is 39.2 Å². The first-order chi connectivity index (χ1) is 17.2. The largest absolute Gasteiger partial charge is 0.481 e. The lowest BCUT2D eigenvalue weighted by Crippen LogP contribution is -2.19. The van der Waals surface area contributed by atoms with Crippen LogP contribution in [0.2, 0.25) is 0 Å². The molecule has 208 valence electrons. The number of carboxylic acid groups (broad SMARTS) is 2. The molecule has 0 radical (unpaired) electrons. The van der Waals surface area contributed by atoms with E-state index in [2.05, 4.69) is 33.8 Å². The van der Waals surface area contributed by atoms with Crippen LogP contribution in [0.25, 0.3) is 0 Å². The van der Waals surface area contributed by atoms with E-state index in [1.165, 1.54) is 4.57 Å². The predicted octanol–water partition coefficient (Wildman–Crippen LogP) is 5.43. The molecular formula is C28H46N4O5. The van der Waals surface area contributed by atoms with E-state index in [4.69, 9.17) is 26.5 Å². The zero-order valence-corrected chi connectivity index (χ0v) is 23.3. The van der Waals surface area contributed by atoms with Gasteiger partial charge in [-0.1, -0.05) is 41.5 Å². The minimum Gasteiger partial charge on any atom is -0.481 e. The molecule has 0 unspecified atom stereocenters. The van der Waals surface area contributed by atoms with Gasteiger partial charge in [-0.25, -0.2) is 0 Å². The van der Waals surface area contributed by atoms with Gasteiger partial charge in [0.25, 0.3) is 0 Å². The highest BCUT2D eigenvalue weighted by Gasteiger charge is 2.16. The van der Waals surface area contributed by atoms with Gasteiger partial charge >= 0.3 is 11.9 Å². The Balaban J connectivity index is 0. The maximum Gasteiger partial charge on any atom is 0.304 e. The Morgan fingerprint density at radius 1 is 0.757 bits per heavy atom. The molecule has 4 N–H and O–H groups in total. The van der Waals surface area contributed by atoms with Gasteiger partial charge in [0, 0.05) is 25.2 Å². The second-order valence-electron chi connectivity index (χ2n) is 10.5. The lowest BCUT2D eigenvalue weighted by Gasteiger charge is -2.13. The molecule has 37 heavy (non-hydrogen) atoms. The summed E-state index contributed by atoms with van der Waals surface area (Å²) in [6.07, 6.45) is 6.26. The number of aliphatic carboxylic acids is 2. The van der Waals surface area contributed by atoms with Crippen molar-refractivity contribution in [3.63, 3.8) is 0 Å². The van der Waals surface area contributed by atoms with Crippen molar-refractivity contribution in [3.8, 4) is 12.1 Å². The van der Waals surface area contributed by atoms with Crippen LogP contribution in [0.5, 0.6) is 0 Å². The summed E-state index contributed by atoms with van der Waals surface area (Å²) >= 11 is 0. The number of rotatable bonds is 13. The van der Waals surface area contributed by atoms with Crippen molar-refractivity contribution in [2.45, 2.75) is 80.1 Å². The fraction of sp³-hybridized carbons (Fsp3) is 0.679. The molecule has 1 heterocycles. The Bertz CT molecular complexity index is 851. The number of carbonyl (C=O) groups excluding carboxylic acids is 1. The summed E-state index contributed by atoms with van der Waals surface area (Å²) in [6, 6.07) is 7.79. The fourth-order valence-electron chi connectivity index (χ4n) is 3.71. The third kappa shape index (κ3) is 21.8. The van der Waals surface area contributed by atoms with Gasteiger partial charge in [0.05, 0.1) is 30.4 Å². The highest BCUT2D eigenvalue weighted by Crippen LogP contribution is 2.16. The monoisotopic (exact) mass is 518 g/mol. The Morgan fingerprint density at radius 3 is 1.49 bits per heavy atom. The lowest BCUT2D eigenvalue weighted by atomic mass is 9.94. The second-order valence-corrected chi connectivity index (χ2v) is 10.5. The van der Waals surface area contributed by atoms with Gasteiger partial charge in [-0.3, -0.25) is 19.0 Å². The van der Waals surface area contributed by atoms with E-state index < -0.39 is 11.9 Å². The van der Waals surface area contributed by atoms with Crippen molar-refractivity contribution in [1.29, 1.82) is 10.5 Å². The summed E-state index contributed by atoms with van der Waals surface area (Å²) in [7, 11) is 0. The molecule has 1 aromatic rings. The average molecular weight is 519 g/mol. The first-order valence-corrected chi connectivity index (χ1v) is 12.8. The van der Waals surface area contributed by atoms with Gasteiger partial charge in [0.2, 0.25) is 5.91 Å². The van der Waals surface area contributed by atoms with Crippen LogP contribution in [0.4, 0.5) is 0 Å². The molecule has 1 aromatic heterocycles. The van der Waals surface area contributed by atoms with E-state index in [1.54, 1.807) is 12.4 Å². The van der Waals surface area contributed by atoms with E-state index in [0.717, 1.165) is 12.8 Å². The molecule has 0 fully saturated rings. The maximum absolute atomic E-state index is 11.7. The van der Waals surface area contributed by atoms with Gasteiger partial charge in [-0.05, 0) is 61.6 Å². The Kier molecular flexibility index (Phi) is 20.4. The molecule has 0 aromatic carbocycles. The first kappa shape index (κ1) is 36.0. The van der Waals surface area contributed by atoms with Crippen molar-refractivity contribution in [2.24, 2.45) is 41.2 Å². The van der Waals surface area contributed by atoms with Crippen molar-refractivity contribution in [2.75, 3.05) is 6.54 Å². The smallest absolute Gasteiger partial charge is 0.304 e. The van der Waals surface area contributed by atoms with Crippen molar-refractivity contribution < 1.29 is 24.6 Å². The number of carbonyl (C=O) groups is 3. The summed E-state index contributed by atoms with van der Waals surface area (Å²) in [5.41, 5.74) is 5.41. The predicted molar refractivity (Wildman–Crippen MR) is 143 cm³/mol. The van der Waals surface area contributed by atoms with Crippen LogP contribution in [0, 0.1) is 58.2 Å². The fourth-order valence-corrected chi connectivity index (χ4v) is 3.71. The highest BCUT2D eigenvalue weighted by molar-refractivity contribution is 5.79. The number of nitrogens with two attached hydrogens (primary N) is 1. The van der Waals surface area contributed by atoms with Gasteiger partial charge in [-0.2, -0.15) is 10.5 Å². The topological polar surface area (TPSA) is 170 Å². The molecule has 9 heteroatoms. The molecule has 1 rings (SSSR count). The Hall–Kier alpha value is -3.17. The summed E-state index contributed by atoms with van der Waals surface area (Å²) in [5.74, 6) is -0.626. The normalized spacial score (nSPS) is 12.8. The zero-order valence-electron chi connectivity index (χ0n) is 23.3. The molecule has 0 saturated heterocycles. The lowest BCUT2D eigenvalue weighted by molar-refractivity contribution is -0.139. The van der Waals surface area contributed by atoms with Gasteiger partial charge in [0.15, 0.2) is 0 Å². The summed E-state index contributed by atoms with van der Waals surface area (Å²) in [4.78, 5) is 32.2. The standard InChI is InChI=1S/C12H16N2O.C8H17NO2.C8H13NO2/c1-10(2)7-11(9-13)8-12(15)14-5-3-4-6-14;2*1-6(2)3-7(5-9)4-8(10)11/h3-6,10-11H,7-8H2,1-2H3;6-7H,3-5,9H2,1-2H3,(H,10,11);6-7H,3-4H2,1-2H3,(H,10,11)/t11-;2*7-/m000/s1. The molecule has 0 saturated carbocycles. The highest BCUT2D eigenvalue weighted by atomic mass is 16.4. The Morgan fingerprint density at radius 2 is 1.16 bits per heavy atom. The summed E-state index contributed by atoms with van der Waals surface area (Å²) < 4.78 is 1.53. The Labute approximate surface area is 222 Å². The molecule has 0 aliphatic carbocycles. The van der Waals surface area contributed by atoms with E-state index in [-0.39, 0.29) is 36.5 Å². The third-order valence-electron chi connectivity index (χ3n) is 5.21. The number of aromatic nitrogens is 1. The number of hydrogen-bond acceptors (Lipinski definition) is 6. The molecular weight excluding hydrogens is 472 g/mol. The molecule has 0 amide bonds. The molecule has 3 atom stereocenters. The quantitative estimate of drug-likeness (QED) is 0.310. The van der Waals surface area contributed by atoms with Crippen LogP contribution in [0.3, 0.4) is 0 Å². The second kappa shape index (κ2) is 21.0. The minimum atomic E-state index is -0.891. The van der Waals surface area contributed by atoms with Crippen molar-refractivity contribution in [1.82, 2.24) is 4.57 Å².